The summed E-state index contributed by atoms with van der Waals surface area (Å²) in [5.74, 6) is 0.258. The van der Waals surface area contributed by atoms with E-state index >= 15 is 0 Å². The molecule has 1 aromatic carbocycles. The van der Waals surface area contributed by atoms with E-state index in [0.29, 0.717) is 23.5 Å². The lowest BCUT2D eigenvalue weighted by molar-refractivity contribution is -0.122. The molecule has 0 bridgehead atoms. The molecule has 6 heteroatoms. The number of hydrogen-bond acceptors (Lipinski definition) is 3. The standard InChI is InChI=1S/C19H24FN3O2/c1-11(2)18(14-5-7-15(20)8-6-14)23-17(24)10-9-16-12(3)21-13(4)22-19(16)25/h5-8,11,18H,9-10H2,1-4H3,(H,23,24)(H,21,22,25)/t18-/m0/s1. The van der Waals surface area contributed by atoms with E-state index in [-0.39, 0.29) is 35.7 Å². The van der Waals surface area contributed by atoms with Gasteiger partial charge in [-0.05, 0) is 43.9 Å². The molecule has 0 aliphatic rings. The molecule has 0 saturated carbocycles. The van der Waals surface area contributed by atoms with E-state index in [9.17, 15) is 14.0 Å². The van der Waals surface area contributed by atoms with Crippen molar-refractivity contribution >= 4 is 5.91 Å². The van der Waals surface area contributed by atoms with Crippen LogP contribution < -0.4 is 10.9 Å². The summed E-state index contributed by atoms with van der Waals surface area (Å²) in [7, 11) is 0. The highest BCUT2D eigenvalue weighted by molar-refractivity contribution is 5.76. The number of halogens is 1. The Morgan fingerprint density at radius 2 is 1.88 bits per heavy atom. The number of hydrogen-bond donors (Lipinski definition) is 2. The second-order valence-electron chi connectivity index (χ2n) is 6.56. The number of nitrogens with zero attached hydrogens (tertiary/aromatic N) is 1. The zero-order valence-electron chi connectivity index (χ0n) is 15.0. The minimum absolute atomic E-state index is 0.151. The van der Waals surface area contributed by atoms with Gasteiger partial charge in [-0.1, -0.05) is 26.0 Å². The van der Waals surface area contributed by atoms with Gasteiger partial charge in [0.25, 0.3) is 5.56 Å². The number of aromatic nitrogens is 2. The van der Waals surface area contributed by atoms with Crippen LogP contribution in [0.1, 0.15) is 49.0 Å². The molecule has 2 N–H and O–H groups in total. The number of carbonyl (C=O) groups is 1. The molecule has 134 valence electrons. The van der Waals surface area contributed by atoms with E-state index < -0.39 is 0 Å². The SMILES string of the molecule is Cc1nc(C)c(CCC(=O)N[C@H](c2ccc(F)cc2)C(C)C)c(=O)[nH]1. The summed E-state index contributed by atoms with van der Waals surface area (Å²) in [6.45, 7) is 7.48. The normalized spacial score (nSPS) is 12.2. The predicted octanol–water partition coefficient (Wildman–Crippen LogP) is 2.97. The predicted molar refractivity (Wildman–Crippen MR) is 94.8 cm³/mol. The van der Waals surface area contributed by atoms with Gasteiger partial charge in [-0.2, -0.15) is 0 Å². The van der Waals surface area contributed by atoms with Crippen LogP contribution in [0.4, 0.5) is 4.39 Å². The fraction of sp³-hybridized carbons (Fsp3) is 0.421. The first-order valence-electron chi connectivity index (χ1n) is 8.39. The third-order valence-electron chi connectivity index (χ3n) is 4.16. The van der Waals surface area contributed by atoms with Gasteiger partial charge >= 0.3 is 0 Å². The molecule has 2 rings (SSSR count). The number of aryl methyl sites for hydroxylation is 2. The Balaban J connectivity index is 2.05. The summed E-state index contributed by atoms with van der Waals surface area (Å²) >= 11 is 0. The van der Waals surface area contributed by atoms with Crippen molar-refractivity contribution in [3.63, 3.8) is 0 Å². The molecule has 0 spiro atoms. The summed E-state index contributed by atoms with van der Waals surface area (Å²) < 4.78 is 13.1. The molecule has 0 radical (unpaired) electrons. The van der Waals surface area contributed by atoms with Crippen LogP contribution in [0.5, 0.6) is 0 Å². The number of H-pyrrole nitrogens is 1. The molecular weight excluding hydrogens is 321 g/mol. The molecule has 2 aromatic rings. The van der Waals surface area contributed by atoms with E-state index in [0.717, 1.165) is 5.56 Å². The first-order chi connectivity index (χ1) is 11.8. The van der Waals surface area contributed by atoms with Gasteiger partial charge < -0.3 is 10.3 Å². The summed E-state index contributed by atoms with van der Waals surface area (Å²) in [5, 5.41) is 2.98. The minimum Gasteiger partial charge on any atom is -0.349 e. The lowest BCUT2D eigenvalue weighted by Gasteiger charge is -2.23. The Bertz CT molecular complexity index is 797. The number of carbonyl (C=O) groups excluding carboxylic acids is 1. The third-order valence-corrected chi connectivity index (χ3v) is 4.16. The van der Waals surface area contributed by atoms with Crippen molar-refractivity contribution in [1.29, 1.82) is 0 Å². The topological polar surface area (TPSA) is 74.8 Å². The number of benzene rings is 1. The second kappa shape index (κ2) is 8.05. The Morgan fingerprint density at radius 3 is 2.44 bits per heavy atom. The van der Waals surface area contributed by atoms with E-state index in [1.165, 1.54) is 12.1 Å². The zero-order chi connectivity index (χ0) is 18.6. The van der Waals surface area contributed by atoms with Crippen LogP contribution in [0.25, 0.3) is 0 Å². The lowest BCUT2D eigenvalue weighted by Crippen LogP contribution is -2.32. The molecule has 0 saturated heterocycles. The van der Waals surface area contributed by atoms with E-state index in [2.05, 4.69) is 15.3 Å². The molecule has 5 nitrogen and oxygen atoms in total. The molecule has 1 aromatic heterocycles. The van der Waals surface area contributed by atoms with Crippen LogP contribution in [-0.4, -0.2) is 15.9 Å². The monoisotopic (exact) mass is 345 g/mol. The van der Waals surface area contributed by atoms with Crippen molar-refractivity contribution in [1.82, 2.24) is 15.3 Å². The fourth-order valence-electron chi connectivity index (χ4n) is 2.83. The van der Waals surface area contributed by atoms with Gasteiger partial charge in [-0.3, -0.25) is 9.59 Å². The van der Waals surface area contributed by atoms with Crippen LogP contribution in [0.2, 0.25) is 0 Å². The molecule has 1 heterocycles. The van der Waals surface area contributed by atoms with Crippen molar-refractivity contribution < 1.29 is 9.18 Å². The van der Waals surface area contributed by atoms with E-state index in [4.69, 9.17) is 0 Å². The molecule has 25 heavy (non-hydrogen) atoms. The number of rotatable bonds is 6. The third kappa shape index (κ3) is 4.98. The van der Waals surface area contributed by atoms with Crippen LogP contribution in [0.15, 0.2) is 29.1 Å². The quantitative estimate of drug-likeness (QED) is 0.845. The average molecular weight is 345 g/mol. The molecule has 0 aliphatic heterocycles. The zero-order valence-corrected chi connectivity index (χ0v) is 15.0. The number of amides is 1. The van der Waals surface area contributed by atoms with Gasteiger partial charge in [0, 0.05) is 17.7 Å². The fourth-order valence-corrected chi connectivity index (χ4v) is 2.83. The number of nitrogens with one attached hydrogen (secondary N) is 2. The van der Waals surface area contributed by atoms with Gasteiger partial charge in [0.1, 0.15) is 11.6 Å². The van der Waals surface area contributed by atoms with Crippen molar-refractivity contribution in [2.75, 3.05) is 0 Å². The molecule has 0 aliphatic carbocycles. The molecule has 1 atom stereocenters. The lowest BCUT2D eigenvalue weighted by atomic mass is 9.95. The number of aromatic amines is 1. The Kier molecular flexibility index (Phi) is 6.07. The van der Waals surface area contributed by atoms with Crippen molar-refractivity contribution in [3.8, 4) is 0 Å². The molecule has 0 fully saturated rings. The van der Waals surface area contributed by atoms with Crippen LogP contribution in [0, 0.1) is 25.6 Å². The summed E-state index contributed by atoms with van der Waals surface area (Å²) in [6.07, 6.45) is 0.521. The summed E-state index contributed by atoms with van der Waals surface area (Å²) in [4.78, 5) is 31.2. The first kappa shape index (κ1) is 18.8. The summed E-state index contributed by atoms with van der Waals surface area (Å²) in [6, 6.07) is 5.93. The van der Waals surface area contributed by atoms with Crippen LogP contribution in [0.3, 0.4) is 0 Å². The van der Waals surface area contributed by atoms with Gasteiger partial charge in [0.05, 0.1) is 6.04 Å². The van der Waals surface area contributed by atoms with Crippen molar-refractivity contribution in [2.45, 2.75) is 46.6 Å². The minimum atomic E-state index is -0.306. The van der Waals surface area contributed by atoms with Crippen LogP contribution in [-0.2, 0) is 11.2 Å². The van der Waals surface area contributed by atoms with Gasteiger partial charge in [0.2, 0.25) is 5.91 Å². The average Bonchev–Trinajstić information content (AvgIpc) is 2.52. The van der Waals surface area contributed by atoms with Crippen molar-refractivity contribution in [2.24, 2.45) is 5.92 Å². The van der Waals surface area contributed by atoms with Gasteiger partial charge in [0.15, 0.2) is 0 Å². The highest BCUT2D eigenvalue weighted by atomic mass is 19.1. The first-order valence-corrected chi connectivity index (χ1v) is 8.39. The Hall–Kier alpha value is -2.50. The maximum atomic E-state index is 13.1. The molecular formula is C19H24FN3O2. The van der Waals surface area contributed by atoms with Crippen LogP contribution >= 0.6 is 0 Å². The largest absolute Gasteiger partial charge is 0.349 e. The molecule has 1 amide bonds. The second-order valence-corrected chi connectivity index (χ2v) is 6.56. The Labute approximate surface area is 146 Å². The van der Waals surface area contributed by atoms with Crippen molar-refractivity contribution in [3.05, 3.63) is 63.1 Å². The maximum Gasteiger partial charge on any atom is 0.254 e. The Morgan fingerprint density at radius 1 is 1.24 bits per heavy atom. The molecule has 0 unspecified atom stereocenters. The summed E-state index contributed by atoms with van der Waals surface area (Å²) in [5.41, 5.74) is 1.84. The highest BCUT2D eigenvalue weighted by Crippen LogP contribution is 2.22. The van der Waals surface area contributed by atoms with Gasteiger partial charge in [-0.15, -0.1) is 0 Å². The van der Waals surface area contributed by atoms with E-state index in [1.807, 2.05) is 13.8 Å². The van der Waals surface area contributed by atoms with Gasteiger partial charge in [-0.25, -0.2) is 9.37 Å². The van der Waals surface area contributed by atoms with E-state index in [1.54, 1.807) is 26.0 Å². The highest BCUT2D eigenvalue weighted by Gasteiger charge is 2.19. The maximum absolute atomic E-state index is 13.1. The smallest absolute Gasteiger partial charge is 0.254 e.